The van der Waals surface area contributed by atoms with Crippen LogP contribution in [0.25, 0.3) is 5.69 Å². The van der Waals surface area contributed by atoms with E-state index in [4.69, 9.17) is 0 Å². The van der Waals surface area contributed by atoms with Gasteiger partial charge in [-0.1, -0.05) is 32.0 Å². The van der Waals surface area contributed by atoms with Crippen molar-refractivity contribution in [3.8, 4) is 5.69 Å². The summed E-state index contributed by atoms with van der Waals surface area (Å²) in [5, 5.41) is 7.86. The zero-order chi connectivity index (χ0) is 19.6. The highest BCUT2D eigenvalue weighted by Crippen LogP contribution is 2.41. The van der Waals surface area contributed by atoms with Gasteiger partial charge in [-0.15, -0.1) is 0 Å². The average Bonchev–Trinajstić information content (AvgIpc) is 3.10. The van der Waals surface area contributed by atoms with E-state index in [-0.39, 0.29) is 17.4 Å². The van der Waals surface area contributed by atoms with Gasteiger partial charge in [-0.05, 0) is 36.8 Å². The molecule has 0 spiro atoms. The van der Waals surface area contributed by atoms with Crippen LogP contribution in [0.2, 0.25) is 0 Å². The Kier molecular flexibility index (Phi) is 4.94. The Morgan fingerprint density at radius 3 is 2.79 bits per heavy atom. The Morgan fingerprint density at radius 2 is 2.04 bits per heavy atom. The molecule has 144 valence electrons. The van der Waals surface area contributed by atoms with E-state index in [0.29, 0.717) is 12.8 Å². The minimum absolute atomic E-state index is 0.0226. The fourth-order valence-corrected chi connectivity index (χ4v) is 3.93. The van der Waals surface area contributed by atoms with Crippen LogP contribution in [-0.4, -0.2) is 25.7 Å². The fraction of sp³-hybridized carbons (Fsp3) is 0.364. The molecule has 3 aromatic rings. The van der Waals surface area contributed by atoms with Gasteiger partial charge in [0.1, 0.15) is 0 Å². The summed E-state index contributed by atoms with van der Waals surface area (Å²) in [6.45, 7) is 4.49. The van der Waals surface area contributed by atoms with Crippen LogP contribution >= 0.6 is 0 Å². The number of rotatable bonds is 5. The summed E-state index contributed by atoms with van der Waals surface area (Å²) in [5.41, 5.74) is 4.27. The lowest BCUT2D eigenvalue weighted by Gasteiger charge is -2.36. The summed E-state index contributed by atoms with van der Waals surface area (Å²) in [6.07, 6.45) is 9.73. The minimum Gasteiger partial charge on any atom is -0.349 e. The highest BCUT2D eigenvalue weighted by Gasteiger charge is 2.35. The smallest absolute Gasteiger partial charge is 0.220 e. The first-order valence-corrected chi connectivity index (χ1v) is 9.68. The average molecular weight is 375 g/mol. The second kappa shape index (κ2) is 7.54. The third-order valence-corrected chi connectivity index (χ3v) is 5.24. The summed E-state index contributed by atoms with van der Waals surface area (Å²) in [4.78, 5) is 20.9. The number of hydrogen-bond donors (Lipinski definition) is 1. The largest absolute Gasteiger partial charge is 0.349 e. The predicted octanol–water partition coefficient (Wildman–Crippen LogP) is 3.42. The molecule has 1 aromatic carbocycles. The maximum atomic E-state index is 12.6. The lowest BCUT2D eigenvalue weighted by molar-refractivity contribution is -0.122. The third-order valence-electron chi connectivity index (χ3n) is 5.24. The zero-order valence-corrected chi connectivity index (χ0v) is 16.3. The second-order valence-electron chi connectivity index (χ2n) is 8.16. The molecule has 0 radical (unpaired) electrons. The summed E-state index contributed by atoms with van der Waals surface area (Å²) in [5.74, 6) is 0.0340. The Hall–Kier alpha value is -3.02. The van der Waals surface area contributed by atoms with Gasteiger partial charge in [-0.2, -0.15) is 5.10 Å². The molecule has 2 aromatic heterocycles. The van der Waals surface area contributed by atoms with Crippen LogP contribution in [0.5, 0.6) is 0 Å². The molecular weight excluding hydrogens is 350 g/mol. The lowest BCUT2D eigenvalue weighted by atomic mass is 9.74. The van der Waals surface area contributed by atoms with Crippen LogP contribution < -0.4 is 5.32 Å². The van der Waals surface area contributed by atoms with Crippen molar-refractivity contribution in [2.45, 2.75) is 45.6 Å². The first kappa shape index (κ1) is 18.3. The molecule has 2 heterocycles. The molecule has 0 unspecified atom stereocenters. The molecule has 0 aliphatic heterocycles. The number of nitrogens with zero attached hydrogens (tertiary/aromatic N) is 4. The molecule has 0 saturated carbocycles. The monoisotopic (exact) mass is 375 g/mol. The molecule has 1 atom stereocenters. The third kappa shape index (κ3) is 3.96. The number of amides is 1. The van der Waals surface area contributed by atoms with Crippen LogP contribution in [0.1, 0.15) is 49.7 Å². The number of aryl methyl sites for hydroxylation is 1. The van der Waals surface area contributed by atoms with Gasteiger partial charge in [0.2, 0.25) is 5.91 Å². The standard InChI is InChI=1S/C22H25N5O/c1-22(2)12-19(26-21(28)9-8-16-14-23-10-11-24-16)18-15-25-27(20(18)13-22)17-6-4-3-5-7-17/h3-7,10-11,14-15,19H,8-9,12-13H2,1-2H3,(H,26,28)/t19-/m0/s1. The maximum absolute atomic E-state index is 12.6. The Bertz CT molecular complexity index is 950. The number of benzene rings is 1. The summed E-state index contributed by atoms with van der Waals surface area (Å²) in [7, 11) is 0. The molecule has 1 aliphatic carbocycles. The molecule has 0 fully saturated rings. The highest BCUT2D eigenvalue weighted by atomic mass is 16.1. The number of carbonyl (C=O) groups is 1. The van der Waals surface area contributed by atoms with Crippen molar-refractivity contribution >= 4 is 5.91 Å². The quantitative estimate of drug-likeness (QED) is 0.742. The van der Waals surface area contributed by atoms with Crippen LogP contribution in [-0.2, 0) is 17.6 Å². The molecule has 1 N–H and O–H groups in total. The molecule has 6 nitrogen and oxygen atoms in total. The summed E-state index contributed by atoms with van der Waals surface area (Å²) >= 11 is 0. The molecule has 6 heteroatoms. The van der Waals surface area contributed by atoms with Crippen molar-refractivity contribution in [1.82, 2.24) is 25.1 Å². The summed E-state index contributed by atoms with van der Waals surface area (Å²) < 4.78 is 2.01. The Balaban J connectivity index is 1.52. The van der Waals surface area contributed by atoms with Crippen molar-refractivity contribution in [3.63, 3.8) is 0 Å². The number of hydrogen-bond acceptors (Lipinski definition) is 4. The molecule has 0 bridgehead atoms. The number of fused-ring (bicyclic) bond motifs is 1. The van der Waals surface area contributed by atoms with Gasteiger partial charge in [0.05, 0.1) is 29.3 Å². The Morgan fingerprint density at radius 1 is 1.21 bits per heavy atom. The van der Waals surface area contributed by atoms with Gasteiger partial charge in [0.25, 0.3) is 0 Å². The molecule has 1 amide bonds. The van der Waals surface area contributed by atoms with E-state index in [1.54, 1.807) is 18.6 Å². The van der Waals surface area contributed by atoms with Gasteiger partial charge in [0, 0.05) is 30.6 Å². The van der Waals surface area contributed by atoms with E-state index in [1.807, 2.05) is 29.1 Å². The molecule has 1 aliphatic rings. The van der Waals surface area contributed by atoms with Crippen LogP contribution in [0, 0.1) is 5.41 Å². The minimum atomic E-state index is -0.0226. The number of para-hydroxylation sites is 1. The molecule has 4 rings (SSSR count). The van der Waals surface area contributed by atoms with Gasteiger partial charge in [-0.25, -0.2) is 4.68 Å². The maximum Gasteiger partial charge on any atom is 0.220 e. The van der Waals surface area contributed by atoms with E-state index in [9.17, 15) is 4.79 Å². The molecule has 0 saturated heterocycles. The van der Waals surface area contributed by atoms with Crippen molar-refractivity contribution in [2.75, 3.05) is 0 Å². The van der Waals surface area contributed by atoms with E-state index >= 15 is 0 Å². The van der Waals surface area contributed by atoms with E-state index in [1.165, 1.54) is 5.69 Å². The van der Waals surface area contributed by atoms with Crippen LogP contribution in [0.4, 0.5) is 0 Å². The topological polar surface area (TPSA) is 72.7 Å². The molecule has 28 heavy (non-hydrogen) atoms. The first-order chi connectivity index (χ1) is 13.5. The number of nitrogens with one attached hydrogen (secondary N) is 1. The molecular formula is C22H25N5O. The van der Waals surface area contributed by atoms with Gasteiger partial charge < -0.3 is 5.32 Å². The van der Waals surface area contributed by atoms with Crippen molar-refractivity contribution in [3.05, 3.63) is 72.1 Å². The van der Waals surface area contributed by atoms with Gasteiger partial charge in [0.15, 0.2) is 0 Å². The number of carbonyl (C=O) groups excluding carboxylic acids is 1. The number of aromatic nitrogens is 4. The lowest BCUT2D eigenvalue weighted by Crippen LogP contribution is -2.36. The fourth-order valence-electron chi connectivity index (χ4n) is 3.93. The first-order valence-electron chi connectivity index (χ1n) is 9.68. The highest BCUT2D eigenvalue weighted by molar-refractivity contribution is 5.76. The normalized spacial score (nSPS) is 17.7. The van der Waals surface area contributed by atoms with Crippen molar-refractivity contribution in [1.29, 1.82) is 0 Å². The van der Waals surface area contributed by atoms with E-state index < -0.39 is 0 Å². The second-order valence-corrected chi connectivity index (χ2v) is 8.16. The van der Waals surface area contributed by atoms with Crippen LogP contribution in [0.3, 0.4) is 0 Å². The van der Waals surface area contributed by atoms with Gasteiger partial charge >= 0.3 is 0 Å². The van der Waals surface area contributed by atoms with Crippen molar-refractivity contribution in [2.24, 2.45) is 5.41 Å². The Labute approximate surface area is 165 Å². The van der Waals surface area contributed by atoms with Crippen LogP contribution in [0.15, 0.2) is 55.1 Å². The predicted molar refractivity (Wildman–Crippen MR) is 107 cm³/mol. The SMILES string of the molecule is CC1(C)Cc2c(cnn2-c2ccccc2)[C@@H](NC(=O)CCc2cnccn2)C1. The van der Waals surface area contributed by atoms with Gasteiger partial charge in [-0.3, -0.25) is 14.8 Å². The zero-order valence-electron chi connectivity index (χ0n) is 16.3. The van der Waals surface area contributed by atoms with Crippen molar-refractivity contribution < 1.29 is 4.79 Å². The van der Waals surface area contributed by atoms with E-state index in [2.05, 4.69) is 46.4 Å². The summed E-state index contributed by atoms with van der Waals surface area (Å²) in [6, 6.07) is 10.1. The van der Waals surface area contributed by atoms with E-state index in [0.717, 1.165) is 29.8 Å².